The lowest BCUT2D eigenvalue weighted by molar-refractivity contribution is 0.0686. The third kappa shape index (κ3) is 1.79. The van der Waals surface area contributed by atoms with Gasteiger partial charge in [0.15, 0.2) is 5.69 Å². The molecule has 2 rings (SSSR count). The zero-order valence-electron chi connectivity index (χ0n) is 10.5. The third-order valence-electron chi connectivity index (χ3n) is 2.75. The number of imidazole rings is 1. The Morgan fingerprint density at radius 2 is 2.00 bits per heavy atom. The van der Waals surface area contributed by atoms with Gasteiger partial charge in [0.25, 0.3) is 0 Å². The van der Waals surface area contributed by atoms with Crippen LogP contribution in [0.15, 0.2) is 18.2 Å². The monoisotopic (exact) mass is 232 g/mol. The van der Waals surface area contributed by atoms with Crippen LogP contribution in [-0.4, -0.2) is 20.5 Å². The van der Waals surface area contributed by atoms with Crippen LogP contribution in [0.5, 0.6) is 0 Å². The molecule has 0 atom stereocenters. The zero-order valence-corrected chi connectivity index (χ0v) is 10.5. The SMILES string of the molecule is Cc1cccc2nc(C(C)(C)C)c(C(=O)O)n12. The van der Waals surface area contributed by atoms with E-state index in [1.54, 1.807) is 4.40 Å². The van der Waals surface area contributed by atoms with E-state index in [0.29, 0.717) is 11.3 Å². The molecular weight excluding hydrogens is 216 g/mol. The molecule has 0 saturated carbocycles. The number of hydrogen-bond acceptors (Lipinski definition) is 2. The van der Waals surface area contributed by atoms with Gasteiger partial charge >= 0.3 is 5.97 Å². The van der Waals surface area contributed by atoms with E-state index in [9.17, 15) is 9.90 Å². The van der Waals surface area contributed by atoms with Gasteiger partial charge in [-0.05, 0) is 19.1 Å². The molecule has 0 fully saturated rings. The molecule has 4 nitrogen and oxygen atoms in total. The molecule has 90 valence electrons. The van der Waals surface area contributed by atoms with E-state index in [2.05, 4.69) is 4.98 Å². The smallest absolute Gasteiger partial charge is 0.354 e. The summed E-state index contributed by atoms with van der Waals surface area (Å²) in [6, 6.07) is 5.60. The number of aromatic carboxylic acids is 1. The molecule has 0 unspecified atom stereocenters. The Kier molecular flexibility index (Phi) is 2.45. The van der Waals surface area contributed by atoms with Gasteiger partial charge in [0.2, 0.25) is 0 Å². The number of nitrogens with zero attached hydrogens (tertiary/aromatic N) is 2. The standard InChI is InChI=1S/C13H16N2O2/c1-8-6-5-7-9-14-11(13(2,3)4)10(12(16)17)15(8)9/h5-7H,1-4H3,(H,16,17). The summed E-state index contributed by atoms with van der Waals surface area (Å²) in [5, 5.41) is 9.38. The van der Waals surface area contributed by atoms with Gasteiger partial charge in [-0.2, -0.15) is 0 Å². The van der Waals surface area contributed by atoms with E-state index in [-0.39, 0.29) is 11.1 Å². The maximum Gasteiger partial charge on any atom is 0.354 e. The van der Waals surface area contributed by atoms with Crippen LogP contribution in [0, 0.1) is 6.92 Å². The van der Waals surface area contributed by atoms with E-state index < -0.39 is 5.97 Å². The number of pyridine rings is 1. The molecule has 0 amide bonds. The average molecular weight is 232 g/mol. The third-order valence-corrected chi connectivity index (χ3v) is 2.75. The molecule has 17 heavy (non-hydrogen) atoms. The highest BCUT2D eigenvalue weighted by Crippen LogP contribution is 2.27. The highest BCUT2D eigenvalue weighted by Gasteiger charge is 2.28. The maximum absolute atomic E-state index is 11.4. The summed E-state index contributed by atoms with van der Waals surface area (Å²) in [6.45, 7) is 7.79. The van der Waals surface area contributed by atoms with Crippen LogP contribution < -0.4 is 0 Å². The van der Waals surface area contributed by atoms with Gasteiger partial charge in [-0.25, -0.2) is 9.78 Å². The number of carboxylic acid groups (broad SMARTS) is 1. The Balaban J connectivity index is 2.91. The molecule has 0 saturated heterocycles. The van der Waals surface area contributed by atoms with Gasteiger partial charge in [-0.3, -0.25) is 4.40 Å². The Bertz CT molecular complexity index is 591. The Morgan fingerprint density at radius 1 is 1.35 bits per heavy atom. The summed E-state index contributed by atoms with van der Waals surface area (Å²) in [4.78, 5) is 15.9. The molecule has 2 heterocycles. The molecule has 0 aliphatic rings. The summed E-state index contributed by atoms with van der Waals surface area (Å²) >= 11 is 0. The molecule has 2 aromatic rings. The van der Waals surface area contributed by atoms with Gasteiger partial charge in [-0.15, -0.1) is 0 Å². The van der Waals surface area contributed by atoms with Crippen molar-refractivity contribution in [2.24, 2.45) is 0 Å². The van der Waals surface area contributed by atoms with E-state index >= 15 is 0 Å². The van der Waals surface area contributed by atoms with Crippen molar-refractivity contribution in [1.29, 1.82) is 0 Å². The van der Waals surface area contributed by atoms with Crippen LogP contribution in [0.4, 0.5) is 0 Å². The Morgan fingerprint density at radius 3 is 2.53 bits per heavy atom. The van der Waals surface area contributed by atoms with Crippen molar-refractivity contribution >= 4 is 11.6 Å². The van der Waals surface area contributed by atoms with Gasteiger partial charge < -0.3 is 5.11 Å². The first-order chi connectivity index (χ1) is 7.82. The number of carbonyl (C=O) groups is 1. The summed E-state index contributed by atoms with van der Waals surface area (Å²) in [5.74, 6) is -0.934. The second kappa shape index (κ2) is 3.58. The number of fused-ring (bicyclic) bond motifs is 1. The van der Waals surface area contributed by atoms with Crippen LogP contribution >= 0.6 is 0 Å². The van der Waals surface area contributed by atoms with Crippen LogP contribution in [0.1, 0.15) is 42.6 Å². The lowest BCUT2D eigenvalue weighted by Crippen LogP contribution is -2.18. The maximum atomic E-state index is 11.4. The Labute approximate surface area is 99.9 Å². The van der Waals surface area contributed by atoms with Crippen LogP contribution in [0.25, 0.3) is 5.65 Å². The minimum Gasteiger partial charge on any atom is -0.477 e. The van der Waals surface area contributed by atoms with Gasteiger partial charge in [-0.1, -0.05) is 26.8 Å². The number of carboxylic acids is 1. The summed E-state index contributed by atoms with van der Waals surface area (Å²) in [6.07, 6.45) is 0. The van der Waals surface area contributed by atoms with Crippen molar-refractivity contribution in [3.8, 4) is 0 Å². The van der Waals surface area contributed by atoms with E-state index in [1.807, 2.05) is 45.9 Å². The van der Waals surface area contributed by atoms with Crippen LogP contribution in [-0.2, 0) is 5.41 Å². The van der Waals surface area contributed by atoms with Crippen molar-refractivity contribution in [2.75, 3.05) is 0 Å². The second-order valence-electron chi connectivity index (χ2n) is 5.22. The quantitative estimate of drug-likeness (QED) is 0.822. The molecular formula is C13H16N2O2. The lowest BCUT2D eigenvalue weighted by atomic mass is 9.90. The summed E-state index contributed by atoms with van der Waals surface area (Å²) in [7, 11) is 0. The predicted molar refractivity (Wildman–Crippen MR) is 65.6 cm³/mol. The van der Waals surface area contributed by atoms with Gasteiger partial charge in [0, 0.05) is 11.1 Å². The largest absolute Gasteiger partial charge is 0.477 e. The molecule has 0 radical (unpaired) electrons. The highest BCUT2D eigenvalue weighted by atomic mass is 16.4. The molecule has 4 heteroatoms. The van der Waals surface area contributed by atoms with Crippen molar-refractivity contribution < 1.29 is 9.90 Å². The van der Waals surface area contributed by atoms with Crippen molar-refractivity contribution in [1.82, 2.24) is 9.38 Å². The first kappa shape index (κ1) is 11.6. The van der Waals surface area contributed by atoms with E-state index in [1.165, 1.54) is 0 Å². The van der Waals surface area contributed by atoms with Crippen LogP contribution in [0.2, 0.25) is 0 Å². The summed E-state index contributed by atoms with van der Waals surface area (Å²) < 4.78 is 1.70. The fraction of sp³-hybridized carbons (Fsp3) is 0.385. The number of rotatable bonds is 1. The normalized spacial score (nSPS) is 12.0. The zero-order chi connectivity index (χ0) is 12.8. The number of aromatic nitrogens is 2. The molecule has 2 aromatic heterocycles. The minimum atomic E-state index is -0.934. The van der Waals surface area contributed by atoms with E-state index in [0.717, 1.165) is 5.69 Å². The molecule has 0 aliphatic carbocycles. The number of aryl methyl sites for hydroxylation is 1. The second-order valence-corrected chi connectivity index (χ2v) is 5.22. The Hall–Kier alpha value is -1.84. The first-order valence-corrected chi connectivity index (χ1v) is 5.54. The molecule has 0 aromatic carbocycles. The fourth-order valence-corrected chi connectivity index (χ4v) is 1.97. The molecule has 0 bridgehead atoms. The van der Waals surface area contributed by atoms with Gasteiger partial charge in [0.05, 0.1) is 5.69 Å². The topological polar surface area (TPSA) is 54.6 Å². The van der Waals surface area contributed by atoms with Crippen LogP contribution in [0.3, 0.4) is 0 Å². The highest BCUT2D eigenvalue weighted by molar-refractivity contribution is 5.89. The lowest BCUT2D eigenvalue weighted by Gasteiger charge is -2.16. The molecule has 0 aliphatic heterocycles. The summed E-state index contributed by atoms with van der Waals surface area (Å²) in [5.41, 5.74) is 2.17. The molecule has 0 spiro atoms. The number of hydrogen-bond donors (Lipinski definition) is 1. The average Bonchev–Trinajstić information content (AvgIpc) is 2.57. The predicted octanol–water partition coefficient (Wildman–Crippen LogP) is 2.64. The van der Waals surface area contributed by atoms with E-state index in [4.69, 9.17) is 0 Å². The van der Waals surface area contributed by atoms with Crippen molar-refractivity contribution in [3.05, 3.63) is 35.3 Å². The minimum absolute atomic E-state index is 0.269. The van der Waals surface area contributed by atoms with Gasteiger partial charge in [0.1, 0.15) is 5.65 Å². The first-order valence-electron chi connectivity index (χ1n) is 5.54. The molecule has 1 N–H and O–H groups in total. The van der Waals surface area contributed by atoms with Crippen molar-refractivity contribution in [2.45, 2.75) is 33.1 Å². The van der Waals surface area contributed by atoms with Crippen molar-refractivity contribution in [3.63, 3.8) is 0 Å². The fourth-order valence-electron chi connectivity index (χ4n) is 1.97.